The molecule has 0 aliphatic rings. The zero-order valence-corrected chi connectivity index (χ0v) is 33.7. The predicted octanol–water partition coefficient (Wildman–Crippen LogP) is 17.5. The Bertz CT molecular complexity index is 5150. The highest BCUT2D eigenvalue weighted by atomic mass is 16.3. The maximum atomic E-state index is 10.1. The van der Waals surface area contributed by atoms with Gasteiger partial charge >= 0.3 is 0 Å². The first kappa shape index (κ1) is 21.1. The van der Waals surface area contributed by atoms with Gasteiger partial charge in [0.2, 0.25) is 0 Å². The Hall–Kier alpha value is -8.66. The van der Waals surface area contributed by atoms with E-state index < -0.39 is 188 Å². The molecule has 0 saturated carbocycles. The van der Waals surface area contributed by atoms with E-state index in [4.69, 9.17) is 20.9 Å². The van der Waals surface area contributed by atoms with Crippen LogP contribution in [0.3, 0.4) is 0 Å². The topological polar surface area (TPSA) is 21.3 Å². The molecule has 2 aromatic heterocycles. The second kappa shape index (κ2) is 15.0. The average Bonchev–Trinajstić information content (AvgIpc) is 1.44. The first-order valence-corrected chi connectivity index (χ1v) is 20.5. The summed E-state index contributed by atoms with van der Waals surface area (Å²) < 4.78 is 211. The van der Waals surface area contributed by atoms with E-state index in [0.717, 1.165) is 26.7 Å². The van der Waals surface area contributed by atoms with Crippen LogP contribution in [0.25, 0.3) is 104 Å². The third kappa shape index (κ3) is 6.12. The van der Waals surface area contributed by atoms with Crippen LogP contribution in [0.2, 0.25) is 0 Å². The molecular formula is C62H40N2O. The Morgan fingerprint density at radius 1 is 0.385 bits per heavy atom. The predicted molar refractivity (Wildman–Crippen MR) is 274 cm³/mol. The largest absolute Gasteiger partial charge is 0.455 e. The summed E-state index contributed by atoms with van der Waals surface area (Å²) in [5.74, 6) is 0. The van der Waals surface area contributed by atoms with E-state index in [1.165, 1.54) is 0 Å². The van der Waals surface area contributed by atoms with E-state index in [0.29, 0.717) is 38.8 Å². The number of nitrogens with zero attached hydrogens (tertiary/aromatic N) is 2. The quantitative estimate of drug-likeness (QED) is 0.149. The molecule has 13 rings (SSSR count). The van der Waals surface area contributed by atoms with Gasteiger partial charge in [-0.15, -0.1) is 0 Å². The van der Waals surface area contributed by atoms with Crippen molar-refractivity contribution in [1.82, 2.24) is 4.57 Å². The molecule has 0 amide bonds. The maximum Gasteiger partial charge on any atom is 0.143 e. The molecular weight excluding hydrogens is 789 g/mol. The fourth-order valence-electron chi connectivity index (χ4n) is 8.66. The fourth-order valence-corrected chi connectivity index (χ4v) is 8.66. The molecule has 0 unspecified atom stereocenters. The summed E-state index contributed by atoms with van der Waals surface area (Å²) in [4.78, 5) is 0.987. The lowest BCUT2D eigenvalue weighted by Crippen LogP contribution is -2.10. The van der Waals surface area contributed by atoms with Crippen molar-refractivity contribution in [2.45, 2.75) is 0 Å². The fraction of sp³-hybridized carbons (Fsp3) is 0. The van der Waals surface area contributed by atoms with Gasteiger partial charge in [-0.2, -0.15) is 0 Å². The Balaban J connectivity index is 1.16. The number of para-hydroxylation sites is 3. The van der Waals surface area contributed by atoms with Crippen molar-refractivity contribution in [1.29, 1.82) is 0 Å². The standard InChI is InChI=1S/C62H40N2O/c1-2-15-41(16-3-1)42-29-33-46(34-30-42)63(47-35-31-43(32-36-47)56-38-45-17-4-5-20-50(45)51-21-6-7-22-52(51)56)49-39-57(62-58(40-49)55-25-10-13-28-61(55)65-62)44-18-14-19-48(37-44)64-59-26-11-8-23-53(59)54-24-9-12-27-60(54)64/h1-40H/i1D,2D,3D,4D,5D,6D,7D,15D,16D,17D,20D,21D,22D,29D,30D,31D,32D,33D,34D,35D,36D,38D. The third-order valence-corrected chi connectivity index (χ3v) is 11.5. The summed E-state index contributed by atoms with van der Waals surface area (Å²) in [7, 11) is 0. The van der Waals surface area contributed by atoms with E-state index in [9.17, 15) is 13.7 Å². The lowest BCUT2D eigenvalue weighted by molar-refractivity contribution is 0.670. The molecule has 0 saturated heterocycles. The second-order valence-electron chi connectivity index (χ2n) is 15.2. The molecule has 0 bridgehead atoms. The molecule has 2 heterocycles. The van der Waals surface area contributed by atoms with Crippen LogP contribution >= 0.6 is 0 Å². The summed E-state index contributed by atoms with van der Waals surface area (Å²) >= 11 is 0. The molecule has 0 spiro atoms. The lowest BCUT2D eigenvalue weighted by Gasteiger charge is -2.27. The molecule has 0 aliphatic carbocycles. The minimum absolute atomic E-state index is 0.0984. The molecule has 0 radical (unpaired) electrons. The number of fused-ring (bicyclic) bond motifs is 9. The van der Waals surface area contributed by atoms with Crippen LogP contribution in [0.5, 0.6) is 0 Å². The maximum absolute atomic E-state index is 10.1. The van der Waals surface area contributed by atoms with Gasteiger partial charge in [0, 0.05) is 49.9 Å². The first-order valence-electron chi connectivity index (χ1n) is 31.5. The van der Waals surface area contributed by atoms with E-state index in [1.807, 2.05) is 72.8 Å². The molecule has 0 fully saturated rings. The van der Waals surface area contributed by atoms with E-state index in [1.54, 1.807) is 36.4 Å². The van der Waals surface area contributed by atoms with Crippen molar-refractivity contribution in [2.75, 3.05) is 4.90 Å². The SMILES string of the molecule is [2H]c1c([2H])c([2H])c(-c2c([2H])c([2H])c(N(c3cc(-c4cccc(-n5c6ccccc6c6ccccc65)c4)c4oc5ccccc5c4c3)c3c([2H])c([2H])c(-c4c([2H])c5c([2H])c([2H])c([2H])c([2H])c5c5c([2H])c([2H])c([2H])c([2H])c45)c([2H])c3[2H])c([2H])c2[2H])c([2H])c1[2H]. The molecule has 65 heavy (non-hydrogen) atoms. The summed E-state index contributed by atoms with van der Waals surface area (Å²) in [6.07, 6.45) is 0. The highest BCUT2D eigenvalue weighted by Gasteiger charge is 2.21. The number of aromatic nitrogens is 1. The Kier molecular flexibility index (Phi) is 4.88. The van der Waals surface area contributed by atoms with Gasteiger partial charge in [-0.3, -0.25) is 0 Å². The summed E-state index contributed by atoms with van der Waals surface area (Å²) in [6, 6.07) is 14.5. The minimum atomic E-state index is -0.974. The third-order valence-electron chi connectivity index (χ3n) is 11.5. The summed E-state index contributed by atoms with van der Waals surface area (Å²) in [5, 5.41) is 0.862. The molecule has 3 nitrogen and oxygen atoms in total. The summed E-state index contributed by atoms with van der Waals surface area (Å²) in [6.45, 7) is 0. The monoisotopic (exact) mass is 850 g/mol. The Labute approximate surface area is 407 Å². The zero-order valence-electron chi connectivity index (χ0n) is 55.7. The number of hydrogen-bond donors (Lipinski definition) is 0. The Morgan fingerprint density at radius 2 is 0.985 bits per heavy atom. The number of anilines is 3. The van der Waals surface area contributed by atoms with Gasteiger partial charge in [-0.05, 0) is 122 Å². The van der Waals surface area contributed by atoms with Gasteiger partial charge in [-0.1, -0.05) is 169 Å². The van der Waals surface area contributed by atoms with Crippen LogP contribution in [0.4, 0.5) is 17.1 Å². The normalized spacial score (nSPS) is 16.4. The van der Waals surface area contributed by atoms with Crippen LogP contribution in [-0.2, 0) is 0 Å². The summed E-state index contributed by atoms with van der Waals surface area (Å²) in [5.41, 5.74) is -0.133. The Morgan fingerprint density at radius 3 is 1.72 bits per heavy atom. The van der Waals surface area contributed by atoms with E-state index in [-0.39, 0.29) is 5.69 Å². The minimum Gasteiger partial charge on any atom is -0.455 e. The van der Waals surface area contributed by atoms with Gasteiger partial charge < -0.3 is 13.9 Å². The molecule has 0 atom stereocenters. The van der Waals surface area contributed by atoms with Crippen molar-refractivity contribution >= 4 is 82.4 Å². The van der Waals surface area contributed by atoms with Gasteiger partial charge in [0.15, 0.2) is 0 Å². The number of benzene rings is 11. The molecule has 304 valence electrons. The van der Waals surface area contributed by atoms with Gasteiger partial charge in [-0.25, -0.2) is 0 Å². The van der Waals surface area contributed by atoms with Gasteiger partial charge in [0.25, 0.3) is 0 Å². The second-order valence-corrected chi connectivity index (χ2v) is 15.2. The molecule has 11 aromatic carbocycles. The van der Waals surface area contributed by atoms with Crippen molar-refractivity contribution in [2.24, 2.45) is 0 Å². The number of furan rings is 1. The molecule has 0 N–H and O–H groups in total. The van der Waals surface area contributed by atoms with Gasteiger partial charge in [0.05, 0.1) is 41.2 Å². The highest BCUT2D eigenvalue weighted by Crippen LogP contribution is 2.45. The number of rotatable bonds is 7. The van der Waals surface area contributed by atoms with Crippen LogP contribution in [0.1, 0.15) is 30.2 Å². The highest BCUT2D eigenvalue weighted by molar-refractivity contribution is 6.15. The zero-order chi connectivity index (χ0) is 62.0. The van der Waals surface area contributed by atoms with Crippen molar-refractivity contribution in [3.63, 3.8) is 0 Å². The van der Waals surface area contributed by atoms with Crippen LogP contribution < -0.4 is 4.90 Å². The molecule has 0 aliphatic heterocycles. The van der Waals surface area contributed by atoms with E-state index in [2.05, 4.69) is 4.57 Å². The van der Waals surface area contributed by atoms with Crippen LogP contribution in [0, 0.1) is 0 Å². The smallest absolute Gasteiger partial charge is 0.143 e. The van der Waals surface area contributed by atoms with Crippen molar-refractivity contribution in [3.05, 3.63) is 242 Å². The van der Waals surface area contributed by atoms with Crippen LogP contribution in [-0.4, -0.2) is 4.57 Å². The van der Waals surface area contributed by atoms with E-state index >= 15 is 0 Å². The average molecular weight is 851 g/mol. The first-order chi connectivity index (χ1) is 41.4. The van der Waals surface area contributed by atoms with Crippen molar-refractivity contribution < 1.29 is 34.6 Å². The molecule has 3 heteroatoms. The van der Waals surface area contributed by atoms with Crippen LogP contribution in [0.15, 0.2) is 247 Å². The van der Waals surface area contributed by atoms with Gasteiger partial charge in [0.1, 0.15) is 11.2 Å². The molecule has 13 aromatic rings. The van der Waals surface area contributed by atoms with Crippen molar-refractivity contribution in [3.8, 4) is 39.1 Å². The number of hydrogen-bond acceptors (Lipinski definition) is 2. The lowest BCUT2D eigenvalue weighted by atomic mass is 9.93.